The normalized spacial score (nSPS) is 14.5. The Morgan fingerprint density at radius 3 is 2.89 bits per heavy atom. The van der Waals surface area contributed by atoms with Gasteiger partial charge in [0, 0.05) is 24.5 Å². The van der Waals surface area contributed by atoms with Crippen LogP contribution in [-0.2, 0) is 10.2 Å². The topological polar surface area (TPSA) is 105 Å². The number of hydrogen-bond acceptors (Lipinski definition) is 6. The van der Waals surface area contributed by atoms with Gasteiger partial charge in [-0.15, -0.1) is 5.10 Å². The summed E-state index contributed by atoms with van der Waals surface area (Å²) >= 11 is 0. The number of amides is 1. The lowest BCUT2D eigenvalue weighted by molar-refractivity contribution is -0.123. The number of pyridine rings is 2. The van der Waals surface area contributed by atoms with Crippen LogP contribution in [0.15, 0.2) is 30.6 Å². The van der Waals surface area contributed by atoms with E-state index in [-0.39, 0.29) is 5.91 Å². The van der Waals surface area contributed by atoms with Crippen molar-refractivity contribution < 1.29 is 9.53 Å². The largest absolute Gasteiger partial charge is 0.493 e. The lowest BCUT2D eigenvalue weighted by Gasteiger charge is -2.10. The zero-order valence-corrected chi connectivity index (χ0v) is 15.8. The number of nitrogens with zero attached hydrogens (tertiary/aromatic N) is 5. The number of aromatic nitrogens is 4. The lowest BCUT2D eigenvalue weighted by atomic mass is 10.1. The highest BCUT2D eigenvalue weighted by Crippen LogP contribution is 2.47. The van der Waals surface area contributed by atoms with Crippen molar-refractivity contribution in [3.05, 3.63) is 42.0 Å². The van der Waals surface area contributed by atoms with Gasteiger partial charge in [-0.3, -0.25) is 9.78 Å². The molecule has 8 heteroatoms. The number of hydrogen-bond donors (Lipinski definition) is 1. The van der Waals surface area contributed by atoms with Crippen LogP contribution < -0.4 is 10.1 Å². The van der Waals surface area contributed by atoms with Crippen LogP contribution in [-0.4, -0.2) is 39.1 Å². The molecule has 0 unspecified atom stereocenters. The molecule has 1 aliphatic rings. The van der Waals surface area contributed by atoms with Crippen LogP contribution in [0.25, 0.3) is 16.9 Å². The van der Waals surface area contributed by atoms with E-state index in [0.29, 0.717) is 29.3 Å². The molecule has 1 saturated carbocycles. The predicted molar refractivity (Wildman–Crippen MR) is 102 cm³/mol. The average Bonchev–Trinajstić information content (AvgIpc) is 3.43. The van der Waals surface area contributed by atoms with Crippen LogP contribution in [0.5, 0.6) is 5.75 Å². The molecule has 1 aliphatic carbocycles. The van der Waals surface area contributed by atoms with Crippen molar-refractivity contribution in [3.63, 3.8) is 0 Å². The van der Waals surface area contributed by atoms with Crippen molar-refractivity contribution in [2.75, 3.05) is 13.7 Å². The third-order valence-electron chi connectivity index (χ3n) is 4.98. The quantitative estimate of drug-likeness (QED) is 0.707. The minimum Gasteiger partial charge on any atom is -0.493 e. The maximum absolute atomic E-state index is 12.7. The van der Waals surface area contributed by atoms with Crippen LogP contribution in [0, 0.1) is 11.3 Å². The Labute approximate surface area is 162 Å². The fourth-order valence-corrected chi connectivity index (χ4v) is 3.25. The van der Waals surface area contributed by atoms with Gasteiger partial charge in [-0.1, -0.05) is 6.92 Å². The van der Waals surface area contributed by atoms with Crippen molar-refractivity contribution in [1.29, 1.82) is 5.26 Å². The summed E-state index contributed by atoms with van der Waals surface area (Å²) in [6.07, 6.45) is 5.50. The van der Waals surface area contributed by atoms with Gasteiger partial charge in [0.05, 0.1) is 18.4 Å². The van der Waals surface area contributed by atoms with Gasteiger partial charge in [0.25, 0.3) is 0 Å². The molecule has 4 rings (SSSR count). The van der Waals surface area contributed by atoms with Crippen LogP contribution in [0.2, 0.25) is 0 Å². The van der Waals surface area contributed by atoms with Crippen molar-refractivity contribution >= 4 is 11.6 Å². The summed E-state index contributed by atoms with van der Waals surface area (Å²) in [5, 5.41) is 16.8. The smallest absolute Gasteiger partial charge is 0.233 e. The molecule has 8 nitrogen and oxygen atoms in total. The van der Waals surface area contributed by atoms with E-state index in [2.05, 4.69) is 26.5 Å². The van der Waals surface area contributed by atoms with Gasteiger partial charge < -0.3 is 10.1 Å². The van der Waals surface area contributed by atoms with Crippen molar-refractivity contribution in [3.8, 4) is 23.1 Å². The standard InChI is InChI=1S/C20H20N6O2/c1-3-8-23-19(27)20(6-7-20)18-24-17-16(28-2)5-4-15(26(17)25-18)14-9-13(10-21)11-22-12-14/h4-5,9,11-12H,3,6-8H2,1-2H3,(H,23,27). The molecule has 1 fully saturated rings. The molecule has 0 saturated heterocycles. The van der Waals surface area contributed by atoms with E-state index >= 15 is 0 Å². The summed E-state index contributed by atoms with van der Waals surface area (Å²) in [6.45, 7) is 2.65. The fraction of sp³-hybridized carbons (Fsp3) is 0.350. The summed E-state index contributed by atoms with van der Waals surface area (Å²) in [5.41, 5.74) is 1.79. The first-order valence-electron chi connectivity index (χ1n) is 9.21. The summed E-state index contributed by atoms with van der Waals surface area (Å²) < 4.78 is 7.11. The van der Waals surface area contributed by atoms with Crippen molar-refractivity contribution in [2.24, 2.45) is 0 Å². The summed E-state index contributed by atoms with van der Waals surface area (Å²) in [5.74, 6) is 1.03. The molecule has 0 aromatic carbocycles. The van der Waals surface area contributed by atoms with E-state index in [1.807, 2.05) is 13.0 Å². The molecule has 142 valence electrons. The van der Waals surface area contributed by atoms with E-state index < -0.39 is 5.41 Å². The highest BCUT2D eigenvalue weighted by atomic mass is 16.5. The highest BCUT2D eigenvalue weighted by molar-refractivity contribution is 5.90. The lowest BCUT2D eigenvalue weighted by Crippen LogP contribution is -2.35. The zero-order chi connectivity index (χ0) is 19.7. The van der Waals surface area contributed by atoms with E-state index in [1.54, 1.807) is 30.0 Å². The second-order valence-electron chi connectivity index (χ2n) is 6.87. The van der Waals surface area contributed by atoms with Crippen LogP contribution in [0.1, 0.15) is 37.6 Å². The van der Waals surface area contributed by atoms with Gasteiger partial charge in [-0.25, -0.2) is 9.50 Å². The second-order valence-corrected chi connectivity index (χ2v) is 6.87. The first kappa shape index (κ1) is 17.9. The molecule has 1 N–H and O–H groups in total. The molecule has 1 amide bonds. The maximum atomic E-state index is 12.7. The molecular weight excluding hydrogens is 356 g/mol. The SMILES string of the molecule is CCCNC(=O)C1(c2nc3c(OC)ccc(-c4cncc(C#N)c4)n3n2)CC1. The number of ether oxygens (including phenoxy) is 1. The Kier molecular flexibility index (Phi) is 4.43. The third-order valence-corrected chi connectivity index (χ3v) is 4.98. The van der Waals surface area contributed by atoms with E-state index in [1.165, 1.54) is 6.20 Å². The molecule has 28 heavy (non-hydrogen) atoms. The zero-order valence-electron chi connectivity index (χ0n) is 15.8. The number of methoxy groups -OCH3 is 1. The van der Waals surface area contributed by atoms with Gasteiger partial charge in [-0.2, -0.15) is 5.26 Å². The summed E-state index contributed by atoms with van der Waals surface area (Å²) in [6, 6.07) is 7.49. The van der Waals surface area contributed by atoms with Gasteiger partial charge >= 0.3 is 0 Å². The molecule has 0 aliphatic heterocycles. The molecule has 3 aromatic rings. The molecule has 0 atom stereocenters. The van der Waals surface area contributed by atoms with E-state index in [4.69, 9.17) is 10.00 Å². The molecule has 0 bridgehead atoms. The van der Waals surface area contributed by atoms with Gasteiger partial charge in [-0.05, 0) is 37.5 Å². The minimum atomic E-state index is -0.670. The Hall–Kier alpha value is -3.47. The van der Waals surface area contributed by atoms with E-state index in [9.17, 15) is 4.79 Å². The fourth-order valence-electron chi connectivity index (χ4n) is 3.25. The number of nitriles is 1. The molecule has 0 radical (unpaired) electrons. The minimum absolute atomic E-state index is 0.0288. The number of rotatable bonds is 6. The number of fused-ring (bicyclic) bond motifs is 1. The number of carbonyl (C=O) groups excluding carboxylic acids is 1. The molecule has 0 spiro atoms. The number of carbonyl (C=O) groups is 1. The average molecular weight is 376 g/mol. The first-order valence-corrected chi connectivity index (χ1v) is 9.21. The Morgan fingerprint density at radius 2 is 2.21 bits per heavy atom. The molecule has 3 aromatic heterocycles. The van der Waals surface area contributed by atoms with Crippen LogP contribution in [0.4, 0.5) is 0 Å². The van der Waals surface area contributed by atoms with Crippen LogP contribution >= 0.6 is 0 Å². The first-order chi connectivity index (χ1) is 13.6. The highest BCUT2D eigenvalue weighted by Gasteiger charge is 2.54. The van der Waals surface area contributed by atoms with E-state index in [0.717, 1.165) is 30.5 Å². The van der Waals surface area contributed by atoms with Gasteiger partial charge in [0.15, 0.2) is 17.2 Å². The molecule has 3 heterocycles. The maximum Gasteiger partial charge on any atom is 0.233 e. The second kappa shape index (κ2) is 6.93. The monoisotopic (exact) mass is 376 g/mol. The summed E-state index contributed by atoms with van der Waals surface area (Å²) in [4.78, 5) is 21.5. The van der Waals surface area contributed by atoms with Crippen LogP contribution in [0.3, 0.4) is 0 Å². The van der Waals surface area contributed by atoms with Gasteiger partial charge in [0.2, 0.25) is 5.91 Å². The molecular formula is C20H20N6O2. The van der Waals surface area contributed by atoms with Crippen molar-refractivity contribution in [2.45, 2.75) is 31.6 Å². The predicted octanol–water partition coefficient (Wildman–Crippen LogP) is 2.23. The van der Waals surface area contributed by atoms with Crippen molar-refractivity contribution in [1.82, 2.24) is 24.9 Å². The summed E-state index contributed by atoms with van der Waals surface area (Å²) in [7, 11) is 1.57. The Bertz CT molecular complexity index is 1090. The third kappa shape index (κ3) is 2.85. The number of nitrogens with one attached hydrogen (secondary N) is 1. The van der Waals surface area contributed by atoms with Gasteiger partial charge in [0.1, 0.15) is 11.5 Å². The Balaban J connectivity index is 1.84. The Morgan fingerprint density at radius 1 is 1.39 bits per heavy atom.